The smallest absolute Gasteiger partial charge is 0.251 e. The number of nitrogens with two attached hydrogens (primary N) is 2. The van der Waals surface area contributed by atoms with Gasteiger partial charge >= 0.3 is 0 Å². The van der Waals surface area contributed by atoms with E-state index in [2.05, 4.69) is 15.5 Å². The zero-order valence-corrected chi connectivity index (χ0v) is 15.5. The minimum Gasteiger partial charge on any atom is -0.368 e. The van der Waals surface area contributed by atoms with Crippen LogP contribution in [0.3, 0.4) is 0 Å². The number of amides is 2. The second-order valence-corrected chi connectivity index (χ2v) is 7.62. The van der Waals surface area contributed by atoms with Gasteiger partial charge in [0.25, 0.3) is 5.91 Å². The lowest BCUT2D eigenvalue weighted by atomic mass is 10.1. The van der Waals surface area contributed by atoms with E-state index in [0.29, 0.717) is 15.7 Å². The Hall–Kier alpha value is -2.07. The molecule has 2 heterocycles. The Morgan fingerprint density at radius 3 is 2.62 bits per heavy atom. The van der Waals surface area contributed by atoms with Crippen LogP contribution in [0.2, 0.25) is 0 Å². The fraction of sp³-hybridized carbons (Fsp3) is 0.429. The average Bonchev–Trinajstić information content (AvgIpc) is 2.99. The number of carbonyl (C=O) groups is 2. The maximum Gasteiger partial charge on any atom is 0.251 e. The van der Waals surface area contributed by atoms with Gasteiger partial charge in [0, 0.05) is 4.88 Å². The fourth-order valence-corrected chi connectivity index (χ4v) is 4.04. The van der Waals surface area contributed by atoms with Crippen molar-refractivity contribution in [3.05, 3.63) is 16.0 Å². The van der Waals surface area contributed by atoms with Crippen LogP contribution in [0.5, 0.6) is 0 Å². The van der Waals surface area contributed by atoms with Gasteiger partial charge in [-0.05, 0) is 32.1 Å². The predicted molar refractivity (Wildman–Crippen MR) is 96.5 cm³/mol. The summed E-state index contributed by atoms with van der Waals surface area (Å²) < 4.78 is 1.57. The molecule has 130 valence electrons. The van der Waals surface area contributed by atoms with E-state index >= 15 is 0 Å². The molecule has 1 atom stereocenters. The summed E-state index contributed by atoms with van der Waals surface area (Å²) in [6.45, 7) is 7.35. The Kier molecular flexibility index (Phi) is 5.50. The summed E-state index contributed by atoms with van der Waals surface area (Å²) in [7, 11) is 0. The Bertz CT molecular complexity index is 783. The zero-order chi connectivity index (χ0) is 18.0. The zero-order valence-electron chi connectivity index (χ0n) is 13.9. The first-order chi connectivity index (χ1) is 11.3. The number of nitrogen functional groups attached to an aromatic ring is 1. The quantitative estimate of drug-likeness (QED) is 0.668. The van der Waals surface area contributed by atoms with Crippen LogP contribution in [0.25, 0.3) is 0 Å². The lowest BCUT2D eigenvalue weighted by Gasteiger charge is -2.16. The van der Waals surface area contributed by atoms with E-state index in [4.69, 9.17) is 11.5 Å². The molecule has 0 aliphatic rings. The van der Waals surface area contributed by atoms with Crippen LogP contribution in [-0.2, 0) is 4.79 Å². The molecule has 1 unspecified atom stereocenters. The van der Waals surface area contributed by atoms with Gasteiger partial charge in [-0.3, -0.25) is 14.2 Å². The van der Waals surface area contributed by atoms with Crippen LogP contribution in [0.1, 0.15) is 40.7 Å². The number of carbonyl (C=O) groups excluding carboxylic acids is 2. The van der Waals surface area contributed by atoms with E-state index in [1.165, 1.54) is 23.1 Å². The molecule has 0 radical (unpaired) electrons. The number of thioether (sulfide) groups is 1. The van der Waals surface area contributed by atoms with Gasteiger partial charge in [-0.1, -0.05) is 18.7 Å². The van der Waals surface area contributed by atoms with Crippen molar-refractivity contribution < 1.29 is 9.59 Å². The van der Waals surface area contributed by atoms with Gasteiger partial charge in [0.2, 0.25) is 11.9 Å². The Labute approximate surface area is 148 Å². The number of hydrogen-bond acceptors (Lipinski definition) is 7. The molecule has 0 saturated carbocycles. The van der Waals surface area contributed by atoms with Crippen molar-refractivity contribution in [1.82, 2.24) is 14.8 Å². The minimum absolute atomic E-state index is 0.169. The fourth-order valence-electron chi connectivity index (χ4n) is 2.23. The van der Waals surface area contributed by atoms with Gasteiger partial charge in [-0.25, -0.2) is 0 Å². The normalized spacial score (nSPS) is 12.2. The first-order valence-electron chi connectivity index (χ1n) is 7.31. The number of thiophene rings is 1. The highest BCUT2D eigenvalue weighted by atomic mass is 32.2. The lowest BCUT2D eigenvalue weighted by Crippen LogP contribution is -2.26. The number of aromatic nitrogens is 3. The van der Waals surface area contributed by atoms with Gasteiger partial charge in [-0.2, -0.15) is 0 Å². The molecule has 0 aromatic carbocycles. The summed E-state index contributed by atoms with van der Waals surface area (Å²) >= 11 is 2.77. The van der Waals surface area contributed by atoms with Crippen LogP contribution >= 0.6 is 23.1 Å². The molecule has 0 spiro atoms. The Morgan fingerprint density at radius 1 is 1.38 bits per heavy atom. The van der Waals surface area contributed by atoms with Gasteiger partial charge in [-0.15, -0.1) is 21.5 Å². The highest BCUT2D eigenvalue weighted by Gasteiger charge is 2.25. The molecular weight excluding hydrogens is 348 g/mol. The topological polar surface area (TPSA) is 129 Å². The number of nitrogens with one attached hydrogen (secondary N) is 1. The minimum atomic E-state index is -0.627. The number of aryl methyl sites for hydroxylation is 1. The average molecular weight is 368 g/mol. The number of nitrogens with zero attached hydrogens (tertiary/aromatic N) is 3. The maximum absolute atomic E-state index is 12.6. The summed E-state index contributed by atoms with van der Waals surface area (Å²) in [6, 6.07) is -0.627. The van der Waals surface area contributed by atoms with Gasteiger partial charge in [0.1, 0.15) is 11.0 Å². The lowest BCUT2D eigenvalue weighted by molar-refractivity contribution is -0.118. The number of primary amides is 1. The van der Waals surface area contributed by atoms with E-state index in [0.717, 1.165) is 16.2 Å². The molecule has 5 N–H and O–H groups in total. The molecule has 0 aliphatic heterocycles. The van der Waals surface area contributed by atoms with E-state index in [9.17, 15) is 9.59 Å². The van der Waals surface area contributed by atoms with Crippen molar-refractivity contribution in [3.63, 3.8) is 0 Å². The molecule has 0 fully saturated rings. The predicted octanol–water partition coefficient (Wildman–Crippen LogP) is 1.95. The third kappa shape index (κ3) is 3.39. The summed E-state index contributed by atoms with van der Waals surface area (Å²) in [5.41, 5.74) is 12.4. The van der Waals surface area contributed by atoms with Crippen LogP contribution in [0.4, 0.5) is 10.9 Å². The molecule has 10 heteroatoms. The number of anilines is 2. The van der Waals surface area contributed by atoms with Crippen molar-refractivity contribution in [3.8, 4) is 0 Å². The summed E-state index contributed by atoms with van der Waals surface area (Å²) in [5, 5.41) is 11.6. The van der Waals surface area contributed by atoms with Crippen LogP contribution < -0.4 is 16.8 Å². The van der Waals surface area contributed by atoms with E-state index < -0.39 is 11.9 Å². The molecule has 24 heavy (non-hydrogen) atoms. The molecule has 8 nitrogen and oxygen atoms in total. The van der Waals surface area contributed by atoms with E-state index in [-0.39, 0.29) is 11.9 Å². The third-order valence-corrected chi connectivity index (χ3v) is 5.55. The number of hydrogen-bond donors (Lipinski definition) is 3. The van der Waals surface area contributed by atoms with Crippen LogP contribution in [0.15, 0.2) is 5.16 Å². The molecule has 2 aromatic rings. The summed E-state index contributed by atoms with van der Waals surface area (Å²) in [5.74, 6) is 0.0676. The first-order valence-corrected chi connectivity index (χ1v) is 9.11. The van der Waals surface area contributed by atoms with Crippen molar-refractivity contribution in [1.29, 1.82) is 0 Å². The monoisotopic (exact) mass is 368 g/mol. The van der Waals surface area contributed by atoms with E-state index in [1.54, 1.807) is 18.4 Å². The standard InChI is InChI=1S/C14H20N6O2S2/c1-5-23-14-19-18-13(16)20(14)7(3)11(22)17-12-9(10(15)21)6(2)8(4)24-12/h7H,5H2,1-4H3,(H2,15,21)(H2,16,18)(H,17,22). The van der Waals surface area contributed by atoms with Crippen LogP contribution in [0, 0.1) is 13.8 Å². The molecule has 2 amide bonds. The van der Waals surface area contributed by atoms with Gasteiger partial charge < -0.3 is 16.8 Å². The van der Waals surface area contributed by atoms with Crippen molar-refractivity contribution in [2.75, 3.05) is 16.8 Å². The second kappa shape index (κ2) is 7.22. The van der Waals surface area contributed by atoms with Gasteiger partial charge in [0.05, 0.1) is 5.56 Å². The molecule has 0 saturated heterocycles. The molecule has 0 bridgehead atoms. The third-order valence-electron chi connectivity index (χ3n) is 3.60. The summed E-state index contributed by atoms with van der Waals surface area (Å²) in [6.07, 6.45) is 0. The summed E-state index contributed by atoms with van der Waals surface area (Å²) in [4.78, 5) is 25.2. The van der Waals surface area contributed by atoms with Crippen molar-refractivity contribution in [2.45, 2.75) is 38.9 Å². The highest BCUT2D eigenvalue weighted by Crippen LogP contribution is 2.33. The number of rotatable bonds is 6. The SMILES string of the molecule is CCSc1nnc(N)n1C(C)C(=O)Nc1sc(C)c(C)c1C(N)=O. The van der Waals surface area contributed by atoms with Gasteiger partial charge in [0.15, 0.2) is 5.16 Å². The maximum atomic E-state index is 12.6. The Morgan fingerprint density at radius 2 is 2.04 bits per heavy atom. The first kappa shape index (κ1) is 18.3. The van der Waals surface area contributed by atoms with Crippen molar-refractivity contribution in [2.24, 2.45) is 5.73 Å². The molecule has 2 rings (SSSR count). The Balaban J connectivity index is 2.29. The van der Waals surface area contributed by atoms with Crippen LogP contribution in [-0.4, -0.2) is 32.3 Å². The second-order valence-electron chi connectivity index (χ2n) is 5.16. The van der Waals surface area contributed by atoms with Crippen molar-refractivity contribution >= 4 is 45.9 Å². The van der Waals surface area contributed by atoms with E-state index in [1.807, 2.05) is 13.8 Å². The molecular formula is C14H20N6O2S2. The molecule has 2 aromatic heterocycles. The highest BCUT2D eigenvalue weighted by molar-refractivity contribution is 7.99. The largest absolute Gasteiger partial charge is 0.368 e. The molecule has 0 aliphatic carbocycles.